The van der Waals surface area contributed by atoms with Crippen molar-refractivity contribution in [2.24, 2.45) is 0 Å². The number of aromatic nitrogens is 1. The zero-order valence-corrected chi connectivity index (χ0v) is 18.7. The number of nitrogens with one attached hydrogen (secondary N) is 1. The van der Waals surface area contributed by atoms with E-state index in [9.17, 15) is 9.59 Å². The minimum Gasteiger partial charge on any atom is -0.497 e. The average molecular weight is 468 g/mol. The van der Waals surface area contributed by atoms with Crippen LogP contribution in [0.25, 0.3) is 11.0 Å². The lowest BCUT2D eigenvalue weighted by Gasteiger charge is -2.42. The number of anilines is 3. The largest absolute Gasteiger partial charge is 0.497 e. The molecule has 1 aliphatic heterocycles. The number of benzene rings is 2. The molecule has 1 amide bonds. The number of hydrogen-bond acceptors (Lipinski definition) is 7. The third-order valence-corrected chi connectivity index (χ3v) is 6.68. The van der Waals surface area contributed by atoms with E-state index in [2.05, 4.69) is 10.3 Å². The molecule has 2 atom stereocenters. The van der Waals surface area contributed by atoms with Crippen molar-refractivity contribution in [2.45, 2.75) is 18.3 Å². The van der Waals surface area contributed by atoms with Crippen molar-refractivity contribution in [2.75, 3.05) is 17.3 Å². The zero-order chi connectivity index (χ0) is 22.4. The van der Waals surface area contributed by atoms with E-state index < -0.39 is 5.38 Å². The monoisotopic (exact) mass is 467 g/mol. The molecule has 1 aliphatic rings. The second kappa shape index (κ2) is 7.96. The Bertz CT molecular complexity index is 1380. The Kier molecular flexibility index (Phi) is 5.11. The van der Waals surface area contributed by atoms with E-state index in [-0.39, 0.29) is 17.6 Å². The standard InChI is InChI=1S/C23H18ClN3O4S/c1-12-9-17-14(5-8-19(28)31-17)10-16(12)25-18-11-32-23(26-18)27-21(20(24)22(27)29)13-3-6-15(30-2)7-4-13/h3-11,20-21,25H,1-2H3. The van der Waals surface area contributed by atoms with Gasteiger partial charge in [0.15, 0.2) is 5.13 Å². The molecule has 0 bridgehead atoms. The van der Waals surface area contributed by atoms with Crippen LogP contribution < -0.4 is 20.6 Å². The van der Waals surface area contributed by atoms with Crippen LogP contribution in [0.1, 0.15) is 17.2 Å². The summed E-state index contributed by atoms with van der Waals surface area (Å²) in [6.07, 6.45) is 0. The maximum atomic E-state index is 12.5. The molecule has 5 rings (SSSR count). The minimum absolute atomic E-state index is 0.176. The third-order valence-electron chi connectivity index (χ3n) is 5.41. The van der Waals surface area contributed by atoms with Crippen molar-refractivity contribution in [3.8, 4) is 5.75 Å². The van der Waals surface area contributed by atoms with Crippen LogP contribution in [0.5, 0.6) is 5.75 Å². The first-order valence-electron chi connectivity index (χ1n) is 9.83. The molecular weight excluding hydrogens is 450 g/mol. The molecule has 1 fully saturated rings. The number of methoxy groups -OCH3 is 1. The topological polar surface area (TPSA) is 84.7 Å². The lowest BCUT2D eigenvalue weighted by atomic mass is 9.94. The molecule has 32 heavy (non-hydrogen) atoms. The molecule has 3 heterocycles. The van der Waals surface area contributed by atoms with E-state index in [1.807, 2.05) is 48.7 Å². The van der Waals surface area contributed by atoms with Gasteiger partial charge in [-0.3, -0.25) is 9.69 Å². The van der Waals surface area contributed by atoms with E-state index in [1.54, 1.807) is 18.1 Å². The summed E-state index contributed by atoms with van der Waals surface area (Å²) in [5.74, 6) is 1.18. The summed E-state index contributed by atoms with van der Waals surface area (Å²) in [4.78, 5) is 30.2. The van der Waals surface area contributed by atoms with E-state index in [4.69, 9.17) is 20.8 Å². The van der Waals surface area contributed by atoms with Crippen molar-refractivity contribution in [3.05, 3.63) is 75.5 Å². The van der Waals surface area contributed by atoms with Crippen LogP contribution in [0.2, 0.25) is 0 Å². The molecule has 0 spiro atoms. The van der Waals surface area contributed by atoms with Crippen molar-refractivity contribution < 1.29 is 13.9 Å². The van der Waals surface area contributed by atoms with Crippen molar-refractivity contribution >= 4 is 56.5 Å². The van der Waals surface area contributed by atoms with Gasteiger partial charge < -0.3 is 14.5 Å². The fourth-order valence-electron chi connectivity index (χ4n) is 3.71. The first-order chi connectivity index (χ1) is 15.4. The highest BCUT2D eigenvalue weighted by Gasteiger charge is 2.49. The summed E-state index contributed by atoms with van der Waals surface area (Å²) in [5.41, 5.74) is 2.80. The SMILES string of the molecule is COc1ccc(C2C(Cl)C(=O)N2c2nc(Nc3cc4ccc(=O)oc4cc3C)cs2)cc1. The van der Waals surface area contributed by atoms with Gasteiger partial charge in [0.2, 0.25) is 5.91 Å². The van der Waals surface area contributed by atoms with Gasteiger partial charge >= 0.3 is 5.63 Å². The molecule has 4 aromatic rings. The molecule has 1 saturated heterocycles. The Morgan fingerprint density at radius 3 is 2.69 bits per heavy atom. The molecule has 162 valence electrons. The smallest absolute Gasteiger partial charge is 0.336 e. The van der Waals surface area contributed by atoms with Crippen LogP contribution in [0.15, 0.2) is 63.1 Å². The van der Waals surface area contributed by atoms with Crippen LogP contribution in [0.4, 0.5) is 16.6 Å². The quantitative estimate of drug-likeness (QED) is 0.252. The van der Waals surface area contributed by atoms with Crippen LogP contribution in [-0.2, 0) is 4.79 Å². The van der Waals surface area contributed by atoms with Gasteiger partial charge in [0, 0.05) is 22.5 Å². The van der Waals surface area contributed by atoms with E-state index >= 15 is 0 Å². The highest BCUT2D eigenvalue weighted by molar-refractivity contribution is 7.14. The number of thiazole rings is 1. The highest BCUT2D eigenvalue weighted by atomic mass is 35.5. The predicted octanol–water partition coefficient (Wildman–Crippen LogP) is 5.01. The van der Waals surface area contributed by atoms with E-state index in [0.29, 0.717) is 16.5 Å². The molecule has 1 N–H and O–H groups in total. The molecule has 0 radical (unpaired) electrons. The number of carbonyl (C=O) groups excluding carboxylic acids is 1. The number of amides is 1. The van der Waals surface area contributed by atoms with Crippen LogP contribution in [0.3, 0.4) is 0 Å². The summed E-state index contributed by atoms with van der Waals surface area (Å²) in [5, 5.41) is 5.87. The Balaban J connectivity index is 1.41. The number of halogens is 1. The molecular formula is C23H18ClN3O4S. The van der Waals surface area contributed by atoms with Crippen molar-refractivity contribution in [3.63, 3.8) is 0 Å². The summed E-state index contributed by atoms with van der Waals surface area (Å²) in [6.45, 7) is 1.92. The lowest BCUT2D eigenvalue weighted by molar-refractivity contribution is -0.123. The summed E-state index contributed by atoms with van der Waals surface area (Å²) in [6, 6.07) is 14.0. The summed E-state index contributed by atoms with van der Waals surface area (Å²) < 4.78 is 10.4. The molecule has 0 saturated carbocycles. The van der Waals surface area contributed by atoms with Crippen LogP contribution in [0, 0.1) is 6.92 Å². The van der Waals surface area contributed by atoms with Crippen LogP contribution >= 0.6 is 22.9 Å². The number of aryl methyl sites for hydroxylation is 1. The molecule has 2 aromatic carbocycles. The number of hydrogen-bond donors (Lipinski definition) is 1. The predicted molar refractivity (Wildman–Crippen MR) is 125 cm³/mol. The van der Waals surface area contributed by atoms with Crippen molar-refractivity contribution in [1.29, 1.82) is 0 Å². The maximum Gasteiger partial charge on any atom is 0.336 e. The molecule has 9 heteroatoms. The highest BCUT2D eigenvalue weighted by Crippen LogP contribution is 2.44. The fourth-order valence-corrected chi connectivity index (χ4v) is 4.87. The number of ether oxygens (including phenoxy) is 1. The normalized spacial score (nSPS) is 18.0. The lowest BCUT2D eigenvalue weighted by Crippen LogP contribution is -2.56. The van der Waals surface area contributed by atoms with E-state index in [1.165, 1.54) is 17.4 Å². The van der Waals surface area contributed by atoms with Gasteiger partial charge in [-0.05, 0) is 48.4 Å². The minimum atomic E-state index is -0.638. The van der Waals surface area contributed by atoms with E-state index in [0.717, 1.165) is 28.0 Å². The number of nitrogens with zero attached hydrogens (tertiary/aromatic N) is 2. The van der Waals surface area contributed by atoms with Gasteiger partial charge in [-0.2, -0.15) is 0 Å². The van der Waals surface area contributed by atoms with Gasteiger partial charge in [-0.15, -0.1) is 22.9 Å². The molecule has 2 unspecified atom stereocenters. The van der Waals surface area contributed by atoms with Gasteiger partial charge in [-0.25, -0.2) is 9.78 Å². The molecule has 0 aliphatic carbocycles. The number of rotatable bonds is 5. The Labute approximate surface area is 192 Å². The number of β-lactam (4-membered cyclic amide) rings is 1. The second-order valence-corrected chi connectivity index (χ2v) is 8.73. The first kappa shape index (κ1) is 20.5. The zero-order valence-electron chi connectivity index (χ0n) is 17.2. The maximum absolute atomic E-state index is 12.5. The Morgan fingerprint density at radius 2 is 1.94 bits per heavy atom. The van der Waals surface area contributed by atoms with Crippen molar-refractivity contribution in [1.82, 2.24) is 4.98 Å². The number of fused-ring (bicyclic) bond motifs is 1. The molecule has 2 aromatic heterocycles. The Hall–Kier alpha value is -3.36. The van der Waals surface area contributed by atoms with Gasteiger partial charge in [-0.1, -0.05) is 12.1 Å². The van der Waals surface area contributed by atoms with Gasteiger partial charge in [0.25, 0.3) is 0 Å². The summed E-state index contributed by atoms with van der Waals surface area (Å²) in [7, 11) is 1.61. The van der Waals surface area contributed by atoms with Crippen LogP contribution in [-0.4, -0.2) is 23.4 Å². The summed E-state index contributed by atoms with van der Waals surface area (Å²) >= 11 is 7.71. The third kappa shape index (κ3) is 3.51. The average Bonchev–Trinajstić information content (AvgIpc) is 3.25. The molecule has 7 nitrogen and oxygen atoms in total. The number of carbonyl (C=O) groups is 1. The Morgan fingerprint density at radius 1 is 1.16 bits per heavy atom. The number of alkyl halides is 1. The second-order valence-electron chi connectivity index (χ2n) is 7.43. The van der Waals surface area contributed by atoms with Gasteiger partial charge in [0.05, 0.1) is 13.2 Å². The first-order valence-corrected chi connectivity index (χ1v) is 11.1. The fraction of sp³-hybridized carbons (Fsp3) is 0.174. The van der Waals surface area contributed by atoms with Gasteiger partial charge in [0.1, 0.15) is 22.5 Å².